The van der Waals surface area contributed by atoms with Gasteiger partial charge in [0.05, 0.1) is 0 Å². The fourth-order valence-corrected chi connectivity index (χ4v) is 2.15. The summed E-state index contributed by atoms with van der Waals surface area (Å²) in [5, 5.41) is 20.9. The van der Waals surface area contributed by atoms with Crippen molar-refractivity contribution in [1.82, 2.24) is 20.2 Å². The van der Waals surface area contributed by atoms with E-state index in [9.17, 15) is 9.90 Å². The highest BCUT2D eigenvalue weighted by atomic mass is 35.5. The molecule has 1 N–H and O–H groups in total. The van der Waals surface area contributed by atoms with Gasteiger partial charge in [-0.25, -0.2) is 9.48 Å². The number of furan rings is 1. The van der Waals surface area contributed by atoms with E-state index in [0.717, 1.165) is 0 Å². The van der Waals surface area contributed by atoms with Crippen LogP contribution in [0.15, 0.2) is 16.5 Å². The molecule has 0 saturated heterocycles. The molecule has 0 aliphatic heterocycles. The molecule has 19 heavy (non-hydrogen) atoms. The normalized spacial score (nSPS) is 11.7. The third-order valence-corrected chi connectivity index (χ3v) is 3.44. The van der Waals surface area contributed by atoms with Crippen LogP contribution >= 0.6 is 11.6 Å². The van der Waals surface area contributed by atoms with Crippen molar-refractivity contribution in [2.75, 3.05) is 0 Å². The number of hydrogen-bond donors (Lipinski definition) is 1. The van der Waals surface area contributed by atoms with E-state index in [1.165, 1.54) is 4.68 Å². The van der Waals surface area contributed by atoms with Crippen molar-refractivity contribution < 1.29 is 14.3 Å². The first-order valence-corrected chi connectivity index (χ1v) is 6.21. The number of halogens is 1. The Morgan fingerprint density at radius 1 is 1.47 bits per heavy atom. The van der Waals surface area contributed by atoms with Gasteiger partial charge in [0.25, 0.3) is 0 Å². The zero-order valence-corrected chi connectivity index (χ0v) is 11.3. The van der Waals surface area contributed by atoms with Crippen LogP contribution in [-0.4, -0.2) is 31.3 Å². The number of aromatic nitrogens is 4. The smallest absolute Gasteiger partial charge is 0.331 e. The third-order valence-electron chi connectivity index (χ3n) is 3.24. The fraction of sp³-hybridized carbons (Fsp3) is 0.455. The Morgan fingerprint density at radius 3 is 2.63 bits per heavy atom. The summed E-state index contributed by atoms with van der Waals surface area (Å²) in [5.41, 5.74) is -1.20. The Bertz CT molecular complexity index is 588. The van der Waals surface area contributed by atoms with Crippen molar-refractivity contribution in [2.45, 2.75) is 32.2 Å². The standard InChI is InChI=1S/C11H13ClN4O3/c1-3-11(4-2,10(17)18)16-9(13-14-15-16)7-5-6-8(12)19-7/h5-6H,3-4H2,1-2H3,(H,17,18). The second kappa shape index (κ2) is 5.00. The minimum absolute atomic E-state index is 0.193. The van der Waals surface area contributed by atoms with E-state index in [0.29, 0.717) is 18.6 Å². The van der Waals surface area contributed by atoms with E-state index < -0.39 is 11.5 Å². The topological polar surface area (TPSA) is 94.0 Å². The second-order valence-corrected chi connectivity index (χ2v) is 4.43. The van der Waals surface area contributed by atoms with Crippen LogP contribution in [0.1, 0.15) is 26.7 Å². The summed E-state index contributed by atoms with van der Waals surface area (Å²) in [7, 11) is 0. The molecule has 2 rings (SSSR count). The summed E-state index contributed by atoms with van der Waals surface area (Å²) in [4.78, 5) is 11.6. The molecule has 0 atom stereocenters. The lowest BCUT2D eigenvalue weighted by Crippen LogP contribution is -2.42. The molecule has 0 fully saturated rings. The van der Waals surface area contributed by atoms with Gasteiger partial charge in [0.15, 0.2) is 16.5 Å². The van der Waals surface area contributed by atoms with Gasteiger partial charge in [-0.05, 0) is 47.0 Å². The highest BCUT2D eigenvalue weighted by Crippen LogP contribution is 2.30. The van der Waals surface area contributed by atoms with E-state index in [1.54, 1.807) is 26.0 Å². The monoisotopic (exact) mass is 284 g/mol. The van der Waals surface area contributed by atoms with Gasteiger partial charge in [0, 0.05) is 0 Å². The Morgan fingerprint density at radius 2 is 2.16 bits per heavy atom. The molecular weight excluding hydrogens is 272 g/mol. The summed E-state index contributed by atoms with van der Waals surface area (Å²) in [6, 6.07) is 3.15. The molecule has 2 aromatic heterocycles. The van der Waals surface area contributed by atoms with E-state index in [-0.39, 0.29) is 11.0 Å². The van der Waals surface area contributed by atoms with E-state index in [1.807, 2.05) is 0 Å². The quantitative estimate of drug-likeness (QED) is 0.904. The van der Waals surface area contributed by atoms with Crippen molar-refractivity contribution in [1.29, 1.82) is 0 Å². The number of carbonyl (C=O) groups is 1. The highest BCUT2D eigenvalue weighted by molar-refractivity contribution is 6.28. The van der Waals surface area contributed by atoms with Crippen molar-refractivity contribution in [3.05, 3.63) is 17.4 Å². The van der Waals surface area contributed by atoms with Crippen LogP contribution < -0.4 is 0 Å². The van der Waals surface area contributed by atoms with Crippen molar-refractivity contribution in [3.8, 4) is 11.6 Å². The minimum Gasteiger partial charge on any atom is -0.479 e. The molecule has 2 aromatic rings. The van der Waals surface area contributed by atoms with Crippen LogP contribution in [0.4, 0.5) is 0 Å². The zero-order valence-electron chi connectivity index (χ0n) is 10.5. The average Bonchev–Trinajstić information content (AvgIpc) is 3.00. The fourth-order valence-electron chi connectivity index (χ4n) is 2.01. The number of aliphatic carboxylic acids is 1. The molecule has 0 saturated carbocycles. The molecule has 0 bridgehead atoms. The van der Waals surface area contributed by atoms with Crippen LogP contribution in [-0.2, 0) is 10.3 Å². The predicted octanol–water partition coefficient (Wildman–Crippen LogP) is 2.19. The number of nitrogens with zero attached hydrogens (tertiary/aromatic N) is 4. The molecule has 0 unspecified atom stereocenters. The lowest BCUT2D eigenvalue weighted by molar-refractivity contribution is -0.148. The SMILES string of the molecule is CCC(CC)(C(=O)O)n1nnnc1-c1ccc(Cl)o1. The lowest BCUT2D eigenvalue weighted by atomic mass is 9.93. The van der Waals surface area contributed by atoms with Gasteiger partial charge in [0.2, 0.25) is 5.82 Å². The Balaban J connectivity index is 2.57. The Labute approximate surface area is 114 Å². The lowest BCUT2D eigenvalue weighted by Gasteiger charge is -2.26. The first-order chi connectivity index (χ1) is 9.05. The maximum Gasteiger partial charge on any atom is 0.331 e. The van der Waals surface area contributed by atoms with E-state index in [2.05, 4.69) is 15.5 Å². The Kier molecular flexibility index (Phi) is 3.57. The maximum atomic E-state index is 11.6. The van der Waals surface area contributed by atoms with Gasteiger partial charge in [-0.15, -0.1) is 5.10 Å². The largest absolute Gasteiger partial charge is 0.479 e. The summed E-state index contributed by atoms with van der Waals surface area (Å²) in [6.45, 7) is 3.55. The van der Waals surface area contributed by atoms with Crippen LogP contribution in [0, 0.1) is 0 Å². The molecule has 0 radical (unpaired) electrons. The second-order valence-electron chi connectivity index (χ2n) is 4.06. The van der Waals surface area contributed by atoms with Gasteiger partial charge < -0.3 is 9.52 Å². The molecule has 0 amide bonds. The predicted molar refractivity (Wildman–Crippen MR) is 66.7 cm³/mol. The van der Waals surface area contributed by atoms with Crippen LogP contribution in [0.3, 0.4) is 0 Å². The first kappa shape index (κ1) is 13.5. The van der Waals surface area contributed by atoms with E-state index in [4.69, 9.17) is 16.0 Å². The van der Waals surface area contributed by atoms with Gasteiger partial charge in [-0.1, -0.05) is 13.8 Å². The average molecular weight is 285 g/mol. The number of rotatable bonds is 5. The van der Waals surface area contributed by atoms with Crippen molar-refractivity contribution in [3.63, 3.8) is 0 Å². The molecule has 0 aromatic carbocycles. The highest BCUT2D eigenvalue weighted by Gasteiger charge is 2.41. The Hall–Kier alpha value is -1.89. The van der Waals surface area contributed by atoms with Crippen LogP contribution in [0.25, 0.3) is 11.6 Å². The van der Waals surface area contributed by atoms with Crippen molar-refractivity contribution in [2.24, 2.45) is 0 Å². The summed E-state index contributed by atoms with van der Waals surface area (Å²) in [5.74, 6) is -0.399. The molecule has 0 aliphatic carbocycles. The molecule has 8 heteroatoms. The molecule has 7 nitrogen and oxygen atoms in total. The molecular formula is C11H13ClN4O3. The number of tetrazole rings is 1. The van der Waals surface area contributed by atoms with Crippen LogP contribution in [0.2, 0.25) is 5.22 Å². The number of hydrogen-bond acceptors (Lipinski definition) is 5. The molecule has 0 aliphatic rings. The van der Waals surface area contributed by atoms with E-state index >= 15 is 0 Å². The minimum atomic E-state index is -1.20. The van der Waals surface area contributed by atoms with Gasteiger partial charge in [0.1, 0.15) is 0 Å². The maximum absolute atomic E-state index is 11.6. The third kappa shape index (κ3) is 2.10. The number of carboxylic acids is 1. The van der Waals surface area contributed by atoms with Crippen LogP contribution in [0.5, 0.6) is 0 Å². The molecule has 2 heterocycles. The van der Waals surface area contributed by atoms with Gasteiger partial charge in [-0.2, -0.15) is 0 Å². The number of carboxylic acid groups (broad SMARTS) is 1. The first-order valence-electron chi connectivity index (χ1n) is 5.83. The zero-order chi connectivity index (χ0) is 14.0. The molecule has 0 spiro atoms. The van der Waals surface area contributed by atoms with Gasteiger partial charge >= 0.3 is 5.97 Å². The van der Waals surface area contributed by atoms with Gasteiger partial charge in [-0.3, -0.25) is 0 Å². The summed E-state index contributed by atoms with van der Waals surface area (Å²) < 4.78 is 6.52. The molecule has 102 valence electrons. The van der Waals surface area contributed by atoms with Crippen molar-refractivity contribution >= 4 is 17.6 Å². The summed E-state index contributed by atoms with van der Waals surface area (Å²) >= 11 is 5.71. The summed E-state index contributed by atoms with van der Waals surface area (Å²) in [6.07, 6.45) is 0.705.